The average Bonchev–Trinajstić information content (AvgIpc) is 2.66. The number of hydrogen-bond donors (Lipinski definition) is 0. The van der Waals surface area contributed by atoms with E-state index in [-0.39, 0.29) is 0 Å². The molecule has 0 unspecified atom stereocenters. The predicted octanol–water partition coefficient (Wildman–Crippen LogP) is 1.24. The summed E-state index contributed by atoms with van der Waals surface area (Å²) in [6.07, 6.45) is 4.87. The average molecular weight is 249 g/mol. The van der Waals surface area contributed by atoms with E-state index in [1.54, 1.807) is 0 Å². The van der Waals surface area contributed by atoms with Crippen LogP contribution in [-0.2, 0) is 11.3 Å². The first-order valence-corrected chi connectivity index (χ1v) is 6.72. The minimum atomic E-state index is 0.883. The summed E-state index contributed by atoms with van der Waals surface area (Å²) in [6.45, 7) is 7.27. The number of rotatable bonds is 5. The van der Waals surface area contributed by atoms with Gasteiger partial charge in [-0.25, -0.2) is 0 Å². The zero-order valence-electron chi connectivity index (χ0n) is 11.2. The minimum absolute atomic E-state index is 0.883. The molecule has 4 heteroatoms. The van der Waals surface area contributed by atoms with Crippen LogP contribution in [0.15, 0.2) is 24.5 Å². The largest absolute Gasteiger partial charge is 0.380 e. The highest BCUT2D eigenvalue weighted by molar-refractivity contribution is 5.09. The van der Waals surface area contributed by atoms with Gasteiger partial charge in [-0.05, 0) is 31.2 Å². The van der Waals surface area contributed by atoms with Crippen LogP contribution in [0.25, 0.3) is 0 Å². The molecule has 100 valence electrons. The molecule has 0 spiro atoms. The Balaban J connectivity index is 1.69. The van der Waals surface area contributed by atoms with E-state index >= 15 is 0 Å². The molecule has 0 saturated carbocycles. The third-order valence-electron chi connectivity index (χ3n) is 3.31. The van der Waals surface area contributed by atoms with E-state index in [4.69, 9.17) is 4.74 Å². The van der Waals surface area contributed by atoms with Crippen molar-refractivity contribution in [2.24, 2.45) is 0 Å². The second-order valence-corrected chi connectivity index (χ2v) is 4.90. The van der Waals surface area contributed by atoms with Gasteiger partial charge in [0.2, 0.25) is 0 Å². The third kappa shape index (κ3) is 4.72. The van der Waals surface area contributed by atoms with Crippen molar-refractivity contribution in [2.45, 2.75) is 13.0 Å². The van der Waals surface area contributed by atoms with Crippen molar-refractivity contribution in [3.05, 3.63) is 30.1 Å². The Morgan fingerprint density at radius 1 is 1.28 bits per heavy atom. The lowest BCUT2D eigenvalue weighted by molar-refractivity contribution is 0.139. The first kappa shape index (κ1) is 13.5. The molecule has 2 rings (SSSR count). The summed E-state index contributed by atoms with van der Waals surface area (Å²) < 4.78 is 5.46. The topological polar surface area (TPSA) is 28.6 Å². The SMILES string of the molecule is CN(CCN1CCCOCC1)Cc1ccncc1. The van der Waals surface area contributed by atoms with Crippen LogP contribution in [0, 0.1) is 0 Å². The molecule has 1 aromatic heterocycles. The van der Waals surface area contributed by atoms with Crippen LogP contribution < -0.4 is 0 Å². The Labute approximate surface area is 110 Å². The molecule has 0 aliphatic carbocycles. The number of likely N-dealkylation sites (N-methyl/N-ethyl adjacent to an activating group) is 1. The van der Waals surface area contributed by atoms with E-state index in [0.717, 1.165) is 45.8 Å². The lowest BCUT2D eigenvalue weighted by atomic mass is 10.2. The van der Waals surface area contributed by atoms with E-state index < -0.39 is 0 Å². The molecule has 0 bridgehead atoms. The number of hydrogen-bond acceptors (Lipinski definition) is 4. The van der Waals surface area contributed by atoms with Gasteiger partial charge in [-0.2, -0.15) is 0 Å². The molecule has 0 amide bonds. The Bertz CT molecular complexity index is 323. The maximum Gasteiger partial charge on any atom is 0.0593 e. The monoisotopic (exact) mass is 249 g/mol. The Morgan fingerprint density at radius 3 is 2.94 bits per heavy atom. The summed E-state index contributed by atoms with van der Waals surface area (Å²) in [5.41, 5.74) is 1.33. The van der Waals surface area contributed by atoms with Crippen molar-refractivity contribution in [3.63, 3.8) is 0 Å². The van der Waals surface area contributed by atoms with Crippen LogP contribution >= 0.6 is 0 Å². The van der Waals surface area contributed by atoms with Gasteiger partial charge in [-0.3, -0.25) is 9.88 Å². The summed E-state index contributed by atoms with van der Waals surface area (Å²) in [5, 5.41) is 0. The summed E-state index contributed by atoms with van der Waals surface area (Å²) in [7, 11) is 2.18. The maximum atomic E-state index is 5.46. The molecule has 0 atom stereocenters. The molecule has 0 radical (unpaired) electrons. The normalized spacial score (nSPS) is 17.9. The summed E-state index contributed by atoms with van der Waals surface area (Å²) in [5.74, 6) is 0. The van der Waals surface area contributed by atoms with E-state index in [9.17, 15) is 0 Å². The second-order valence-electron chi connectivity index (χ2n) is 4.90. The van der Waals surface area contributed by atoms with E-state index in [1.807, 2.05) is 12.4 Å². The van der Waals surface area contributed by atoms with Crippen LogP contribution in [0.5, 0.6) is 0 Å². The molecule has 1 saturated heterocycles. The van der Waals surface area contributed by atoms with Gasteiger partial charge in [-0.15, -0.1) is 0 Å². The Morgan fingerprint density at radius 2 is 2.11 bits per heavy atom. The number of nitrogens with zero attached hydrogens (tertiary/aromatic N) is 3. The van der Waals surface area contributed by atoms with Crippen molar-refractivity contribution in [2.75, 3.05) is 46.4 Å². The molecular formula is C14H23N3O. The first-order valence-electron chi connectivity index (χ1n) is 6.72. The maximum absolute atomic E-state index is 5.46. The van der Waals surface area contributed by atoms with Gasteiger partial charge in [0.25, 0.3) is 0 Å². The van der Waals surface area contributed by atoms with E-state index in [0.29, 0.717) is 0 Å². The summed E-state index contributed by atoms with van der Waals surface area (Å²) in [4.78, 5) is 8.90. The van der Waals surface area contributed by atoms with E-state index in [2.05, 4.69) is 34.0 Å². The molecule has 0 N–H and O–H groups in total. The summed E-state index contributed by atoms with van der Waals surface area (Å²) in [6, 6.07) is 4.16. The minimum Gasteiger partial charge on any atom is -0.380 e. The van der Waals surface area contributed by atoms with E-state index in [1.165, 1.54) is 12.1 Å². The molecule has 18 heavy (non-hydrogen) atoms. The van der Waals surface area contributed by atoms with Gasteiger partial charge in [0.05, 0.1) is 6.61 Å². The Hall–Kier alpha value is -0.970. The van der Waals surface area contributed by atoms with Gasteiger partial charge < -0.3 is 9.64 Å². The lowest BCUT2D eigenvalue weighted by Gasteiger charge is -2.23. The van der Waals surface area contributed by atoms with Crippen molar-refractivity contribution >= 4 is 0 Å². The fourth-order valence-electron chi connectivity index (χ4n) is 2.21. The van der Waals surface area contributed by atoms with Gasteiger partial charge >= 0.3 is 0 Å². The molecule has 2 heterocycles. The highest BCUT2D eigenvalue weighted by atomic mass is 16.5. The number of ether oxygens (including phenoxy) is 1. The van der Waals surface area contributed by atoms with Gasteiger partial charge in [0, 0.05) is 51.7 Å². The van der Waals surface area contributed by atoms with Crippen LogP contribution in [-0.4, -0.2) is 61.2 Å². The molecule has 4 nitrogen and oxygen atoms in total. The van der Waals surface area contributed by atoms with Crippen LogP contribution in [0.2, 0.25) is 0 Å². The second kappa shape index (κ2) is 7.46. The number of aromatic nitrogens is 1. The fraction of sp³-hybridized carbons (Fsp3) is 0.643. The highest BCUT2D eigenvalue weighted by Gasteiger charge is 2.09. The molecular weight excluding hydrogens is 226 g/mol. The van der Waals surface area contributed by atoms with Crippen LogP contribution in [0.4, 0.5) is 0 Å². The standard InChI is InChI=1S/C14H23N3O/c1-16(13-14-3-5-15-6-4-14)8-9-17-7-2-11-18-12-10-17/h3-6H,2,7-13H2,1H3. The predicted molar refractivity (Wildman–Crippen MR) is 72.4 cm³/mol. The van der Waals surface area contributed by atoms with Crippen LogP contribution in [0.1, 0.15) is 12.0 Å². The molecule has 1 aromatic rings. The first-order chi connectivity index (χ1) is 8.84. The molecule has 1 aliphatic rings. The number of pyridine rings is 1. The zero-order chi connectivity index (χ0) is 12.6. The third-order valence-corrected chi connectivity index (χ3v) is 3.31. The smallest absolute Gasteiger partial charge is 0.0593 e. The van der Waals surface area contributed by atoms with Gasteiger partial charge in [-0.1, -0.05) is 0 Å². The van der Waals surface area contributed by atoms with Crippen LogP contribution in [0.3, 0.4) is 0 Å². The summed E-state index contributed by atoms with van der Waals surface area (Å²) >= 11 is 0. The Kier molecular flexibility index (Phi) is 5.58. The molecule has 1 fully saturated rings. The van der Waals surface area contributed by atoms with Gasteiger partial charge in [0.1, 0.15) is 0 Å². The molecule has 1 aliphatic heterocycles. The highest BCUT2D eigenvalue weighted by Crippen LogP contribution is 2.03. The quantitative estimate of drug-likeness (QED) is 0.785. The van der Waals surface area contributed by atoms with Crippen molar-refractivity contribution in [1.82, 2.24) is 14.8 Å². The van der Waals surface area contributed by atoms with Crippen molar-refractivity contribution in [3.8, 4) is 0 Å². The van der Waals surface area contributed by atoms with Gasteiger partial charge in [0.15, 0.2) is 0 Å². The van der Waals surface area contributed by atoms with Crippen molar-refractivity contribution < 1.29 is 4.74 Å². The zero-order valence-corrected chi connectivity index (χ0v) is 11.2. The molecule has 0 aromatic carbocycles. The fourth-order valence-corrected chi connectivity index (χ4v) is 2.21. The lowest BCUT2D eigenvalue weighted by Crippen LogP contribution is -2.34. The van der Waals surface area contributed by atoms with Crippen molar-refractivity contribution in [1.29, 1.82) is 0 Å².